The van der Waals surface area contributed by atoms with E-state index >= 15 is 26.3 Å². The molecule has 4 nitrogen and oxygen atoms in total. The fourth-order valence-corrected chi connectivity index (χ4v) is 5.57. The Morgan fingerprint density at radius 1 is 0.643 bits per heavy atom. The minimum absolute atomic E-state index is 0.149. The van der Waals surface area contributed by atoms with E-state index in [9.17, 15) is 10.2 Å². The van der Waals surface area contributed by atoms with E-state index in [-0.39, 0.29) is 55.9 Å². The number of aromatic hydroxyl groups is 2. The Bertz CT molecular complexity index is 1920. The minimum atomic E-state index is -5.83. The monoisotopic (exact) mass is 586 g/mol. The third kappa shape index (κ3) is 3.70. The van der Waals surface area contributed by atoms with Crippen LogP contribution in [-0.4, -0.2) is 28.0 Å². The van der Waals surface area contributed by atoms with Crippen LogP contribution in [0.3, 0.4) is 0 Å². The molecule has 0 aliphatic heterocycles. The van der Waals surface area contributed by atoms with Crippen LogP contribution in [0.2, 0.25) is 0 Å². The van der Waals surface area contributed by atoms with Gasteiger partial charge in [-0.2, -0.15) is 26.3 Å². The maximum atomic E-state index is 16.0. The van der Waals surface area contributed by atoms with Crippen molar-refractivity contribution in [3.8, 4) is 22.8 Å². The molecule has 42 heavy (non-hydrogen) atoms. The standard InChI is InChI=1S/C32H24F6O4/c1-15-24(20-11-9-18(39)13-22(20)41-15)26-27(31(35,36)32(37,38)30(26,33)34)25-21-12-10-19(40)14-23(21)42-28(25)16-5-7-17(8-6-16)29(2,3)4/h5-14,39-40H,1-4H3. The molecule has 218 valence electrons. The van der Waals surface area contributed by atoms with Crippen LogP contribution in [-0.2, 0) is 5.41 Å². The molecule has 1 aliphatic carbocycles. The Morgan fingerprint density at radius 2 is 1.12 bits per heavy atom. The van der Waals surface area contributed by atoms with E-state index in [0.29, 0.717) is 0 Å². The number of aryl methyl sites for hydroxylation is 1. The summed E-state index contributed by atoms with van der Waals surface area (Å²) in [7, 11) is 0. The summed E-state index contributed by atoms with van der Waals surface area (Å²) < 4.78 is 105. The number of allylic oxidation sites excluding steroid dienone is 2. The highest BCUT2D eigenvalue weighted by Gasteiger charge is 2.81. The van der Waals surface area contributed by atoms with E-state index in [4.69, 9.17) is 8.83 Å². The lowest BCUT2D eigenvalue weighted by atomic mass is 9.86. The molecule has 0 unspecified atom stereocenters. The van der Waals surface area contributed by atoms with Gasteiger partial charge in [-0.15, -0.1) is 0 Å². The van der Waals surface area contributed by atoms with E-state index in [1.54, 1.807) is 12.1 Å². The average molecular weight is 587 g/mol. The zero-order valence-corrected chi connectivity index (χ0v) is 22.8. The average Bonchev–Trinajstić information content (AvgIpc) is 3.44. The second-order valence-corrected chi connectivity index (χ2v) is 11.5. The molecule has 0 radical (unpaired) electrons. The van der Waals surface area contributed by atoms with Crippen LogP contribution < -0.4 is 0 Å². The van der Waals surface area contributed by atoms with E-state index in [0.717, 1.165) is 42.0 Å². The molecule has 0 atom stereocenters. The predicted molar refractivity (Wildman–Crippen MR) is 146 cm³/mol. The molecule has 0 spiro atoms. The molecule has 0 bridgehead atoms. The lowest BCUT2D eigenvalue weighted by Crippen LogP contribution is -2.48. The molecule has 6 rings (SSSR count). The third-order valence-electron chi connectivity index (χ3n) is 7.70. The molecule has 2 heterocycles. The van der Waals surface area contributed by atoms with Crippen molar-refractivity contribution in [2.75, 3.05) is 0 Å². The first-order chi connectivity index (χ1) is 19.5. The first-order valence-corrected chi connectivity index (χ1v) is 12.9. The van der Waals surface area contributed by atoms with Gasteiger partial charge in [0.15, 0.2) is 0 Å². The lowest BCUT2D eigenvalue weighted by molar-refractivity contribution is -0.254. The number of hydrogen-bond donors (Lipinski definition) is 2. The number of furan rings is 2. The number of alkyl halides is 6. The van der Waals surface area contributed by atoms with Gasteiger partial charge in [-0.1, -0.05) is 45.0 Å². The Labute approximate surface area is 235 Å². The van der Waals surface area contributed by atoms with Crippen LogP contribution in [0.4, 0.5) is 26.3 Å². The quantitative estimate of drug-likeness (QED) is 0.207. The maximum Gasteiger partial charge on any atom is 0.380 e. The summed E-state index contributed by atoms with van der Waals surface area (Å²) in [4.78, 5) is 0. The van der Waals surface area contributed by atoms with Gasteiger partial charge in [-0.3, -0.25) is 0 Å². The van der Waals surface area contributed by atoms with Gasteiger partial charge >= 0.3 is 17.8 Å². The highest BCUT2D eigenvalue weighted by atomic mass is 19.3. The van der Waals surface area contributed by atoms with E-state index < -0.39 is 40.0 Å². The number of benzene rings is 3. The summed E-state index contributed by atoms with van der Waals surface area (Å²) in [5, 5.41) is 19.6. The molecular formula is C32H24F6O4. The van der Waals surface area contributed by atoms with E-state index in [1.807, 2.05) is 20.8 Å². The van der Waals surface area contributed by atoms with Crippen molar-refractivity contribution in [2.24, 2.45) is 0 Å². The first kappa shape index (κ1) is 27.8. The molecular weight excluding hydrogens is 562 g/mol. The molecule has 5 aromatic rings. The Morgan fingerprint density at radius 3 is 1.64 bits per heavy atom. The van der Waals surface area contributed by atoms with Crippen molar-refractivity contribution in [1.82, 2.24) is 0 Å². The third-order valence-corrected chi connectivity index (χ3v) is 7.70. The number of halogens is 6. The minimum Gasteiger partial charge on any atom is -0.508 e. The second-order valence-electron chi connectivity index (χ2n) is 11.5. The molecule has 10 heteroatoms. The second kappa shape index (κ2) is 8.59. The number of hydrogen-bond acceptors (Lipinski definition) is 4. The van der Waals surface area contributed by atoms with Crippen molar-refractivity contribution in [3.05, 3.63) is 83.1 Å². The number of rotatable bonds is 3. The van der Waals surface area contributed by atoms with Gasteiger partial charge in [0, 0.05) is 50.7 Å². The molecule has 2 N–H and O–H groups in total. The van der Waals surface area contributed by atoms with Crippen molar-refractivity contribution in [3.63, 3.8) is 0 Å². The summed E-state index contributed by atoms with van der Waals surface area (Å²) in [5.74, 6) is -17.8. The van der Waals surface area contributed by atoms with Crippen molar-refractivity contribution in [1.29, 1.82) is 0 Å². The van der Waals surface area contributed by atoms with Crippen LogP contribution in [0.15, 0.2) is 69.5 Å². The van der Waals surface area contributed by atoms with Gasteiger partial charge in [0.25, 0.3) is 0 Å². The highest BCUT2D eigenvalue weighted by molar-refractivity contribution is 6.13. The highest BCUT2D eigenvalue weighted by Crippen LogP contribution is 2.67. The maximum absolute atomic E-state index is 16.0. The fourth-order valence-electron chi connectivity index (χ4n) is 5.57. The number of fused-ring (bicyclic) bond motifs is 2. The number of phenols is 2. The van der Waals surface area contributed by atoms with Gasteiger partial charge in [0.05, 0.1) is 0 Å². The molecule has 0 saturated carbocycles. The summed E-state index contributed by atoms with van der Waals surface area (Å²) in [6.07, 6.45) is 0. The molecule has 1 aliphatic rings. The first-order valence-electron chi connectivity index (χ1n) is 12.9. The Balaban J connectivity index is 1.77. The van der Waals surface area contributed by atoms with Crippen molar-refractivity contribution >= 4 is 33.1 Å². The summed E-state index contributed by atoms with van der Waals surface area (Å²) in [5.41, 5.74) is -4.07. The smallest absolute Gasteiger partial charge is 0.380 e. The largest absolute Gasteiger partial charge is 0.508 e. The van der Waals surface area contributed by atoms with Crippen LogP contribution in [0.5, 0.6) is 11.5 Å². The zero-order chi connectivity index (χ0) is 30.6. The summed E-state index contributed by atoms with van der Waals surface area (Å²) in [6.45, 7) is 7.05. The Kier molecular flexibility index (Phi) is 5.69. The lowest BCUT2D eigenvalue weighted by Gasteiger charge is -2.25. The van der Waals surface area contributed by atoms with Crippen molar-refractivity contribution in [2.45, 2.75) is 50.9 Å². The summed E-state index contributed by atoms with van der Waals surface area (Å²) in [6, 6.07) is 13.2. The normalized spacial score (nSPS) is 18.0. The van der Waals surface area contributed by atoms with E-state index in [2.05, 4.69) is 0 Å². The van der Waals surface area contributed by atoms with Gasteiger partial charge < -0.3 is 19.0 Å². The molecule has 0 amide bonds. The van der Waals surface area contributed by atoms with E-state index in [1.165, 1.54) is 19.1 Å². The molecule has 2 aromatic heterocycles. The number of phenolic OH excluding ortho intramolecular Hbond substituents is 2. The Hall–Kier alpha value is -4.34. The topological polar surface area (TPSA) is 66.7 Å². The van der Waals surface area contributed by atoms with Crippen molar-refractivity contribution < 1.29 is 45.4 Å². The van der Waals surface area contributed by atoms with Crippen LogP contribution in [0, 0.1) is 6.92 Å². The van der Waals surface area contributed by atoms with Gasteiger partial charge in [0.2, 0.25) is 0 Å². The molecule has 0 fully saturated rings. The van der Waals surface area contributed by atoms with Gasteiger partial charge in [0.1, 0.15) is 34.2 Å². The van der Waals surface area contributed by atoms with Gasteiger partial charge in [-0.05, 0) is 42.2 Å². The SMILES string of the molecule is Cc1oc2cc(O)ccc2c1C1=C(c2c(-c3ccc(C(C)(C)C)cc3)oc3cc(O)ccc23)C(F)(F)C(F)(F)C1(F)F. The molecule has 0 saturated heterocycles. The fraction of sp³-hybridized carbons (Fsp3) is 0.250. The van der Waals surface area contributed by atoms with Gasteiger partial charge in [-0.25, -0.2) is 0 Å². The zero-order valence-electron chi connectivity index (χ0n) is 22.8. The predicted octanol–water partition coefficient (Wildman–Crippen LogP) is 9.69. The van der Waals surface area contributed by atoms with Crippen LogP contribution in [0.25, 0.3) is 44.4 Å². The summed E-state index contributed by atoms with van der Waals surface area (Å²) >= 11 is 0. The van der Waals surface area contributed by atoms with Crippen LogP contribution >= 0.6 is 0 Å². The molecule has 3 aromatic carbocycles. The van der Waals surface area contributed by atoms with Crippen LogP contribution in [0.1, 0.15) is 43.2 Å².